The van der Waals surface area contributed by atoms with Gasteiger partial charge in [0.15, 0.2) is 0 Å². The summed E-state index contributed by atoms with van der Waals surface area (Å²) in [4.78, 5) is 4.18. The summed E-state index contributed by atoms with van der Waals surface area (Å²) in [6.45, 7) is 0. The lowest BCUT2D eigenvalue weighted by atomic mass is 10.2. The van der Waals surface area contributed by atoms with Crippen LogP contribution in [0.3, 0.4) is 0 Å². The van der Waals surface area contributed by atoms with Gasteiger partial charge in [-0.3, -0.25) is 4.98 Å². The molecule has 2 heterocycles. The van der Waals surface area contributed by atoms with Crippen molar-refractivity contribution in [1.29, 1.82) is 0 Å². The normalized spacial score (nSPS) is 10.0. The Balaban J connectivity index is 0.000000121. The van der Waals surface area contributed by atoms with Crippen molar-refractivity contribution in [2.75, 3.05) is 0 Å². The van der Waals surface area contributed by atoms with E-state index in [1.165, 1.54) is 5.39 Å². The first kappa shape index (κ1) is 12.2. The third-order valence-electron chi connectivity index (χ3n) is 2.85. The van der Waals surface area contributed by atoms with Crippen LogP contribution in [0.2, 0.25) is 0 Å². The lowest BCUT2D eigenvalue weighted by molar-refractivity contribution is 0.895. The average Bonchev–Trinajstić information content (AvgIpc) is 2.56. The standard InChI is InChI=1S/C9H7N.C7H5N3/c1-2-6-9-8(4-1)5-3-7-10-9;1-2-4-7-6(3-1)5-8-10-9-7/h1-7H;1-5H. The fourth-order valence-corrected chi connectivity index (χ4v) is 1.87. The zero-order valence-electron chi connectivity index (χ0n) is 10.7. The van der Waals surface area contributed by atoms with Gasteiger partial charge in [-0.1, -0.05) is 42.5 Å². The van der Waals surface area contributed by atoms with Crippen LogP contribution in [-0.2, 0) is 0 Å². The number of para-hydroxylation sites is 1. The summed E-state index contributed by atoms with van der Waals surface area (Å²) in [6, 6.07) is 19.8. The second kappa shape index (κ2) is 5.84. The van der Waals surface area contributed by atoms with Crippen molar-refractivity contribution in [3.63, 3.8) is 0 Å². The molecule has 96 valence electrons. The van der Waals surface area contributed by atoms with Gasteiger partial charge >= 0.3 is 0 Å². The van der Waals surface area contributed by atoms with Gasteiger partial charge in [0.05, 0.1) is 17.2 Å². The van der Waals surface area contributed by atoms with Crippen molar-refractivity contribution in [1.82, 2.24) is 20.4 Å². The number of aromatic nitrogens is 4. The molecule has 2 aromatic carbocycles. The lowest BCUT2D eigenvalue weighted by Crippen LogP contribution is -1.85. The highest BCUT2D eigenvalue weighted by Crippen LogP contribution is 2.08. The van der Waals surface area contributed by atoms with Gasteiger partial charge in [0.1, 0.15) is 0 Å². The molecule has 0 N–H and O–H groups in total. The van der Waals surface area contributed by atoms with Crippen molar-refractivity contribution in [3.05, 3.63) is 73.1 Å². The molecule has 4 aromatic rings. The molecule has 0 aliphatic rings. The maximum Gasteiger partial charge on any atom is 0.0963 e. The van der Waals surface area contributed by atoms with Crippen LogP contribution in [0.25, 0.3) is 21.8 Å². The van der Waals surface area contributed by atoms with Crippen molar-refractivity contribution in [2.45, 2.75) is 0 Å². The van der Waals surface area contributed by atoms with E-state index in [2.05, 4.69) is 32.5 Å². The molecule has 0 atom stereocenters. The van der Waals surface area contributed by atoms with Crippen LogP contribution < -0.4 is 0 Å². The number of pyridine rings is 1. The Morgan fingerprint density at radius 3 is 2.15 bits per heavy atom. The molecule has 0 bridgehead atoms. The zero-order valence-corrected chi connectivity index (χ0v) is 10.7. The minimum Gasteiger partial charge on any atom is -0.256 e. The van der Waals surface area contributed by atoms with E-state index in [0.717, 1.165) is 16.4 Å². The van der Waals surface area contributed by atoms with Gasteiger partial charge in [-0.2, -0.15) is 0 Å². The van der Waals surface area contributed by atoms with E-state index in [1.54, 1.807) is 6.20 Å². The maximum absolute atomic E-state index is 4.18. The molecule has 0 saturated heterocycles. The van der Waals surface area contributed by atoms with Gasteiger partial charge in [0.2, 0.25) is 0 Å². The molecule has 0 spiro atoms. The van der Waals surface area contributed by atoms with Crippen molar-refractivity contribution in [3.8, 4) is 0 Å². The molecular formula is C16H12N4. The summed E-state index contributed by atoms with van der Waals surface area (Å²) in [6.07, 6.45) is 3.50. The SMILES string of the molecule is c1ccc2ncccc2c1.c1ccc2nnncc2c1. The van der Waals surface area contributed by atoms with E-state index in [9.17, 15) is 0 Å². The molecule has 0 amide bonds. The molecule has 0 radical (unpaired) electrons. The number of fused-ring (bicyclic) bond motifs is 2. The number of rotatable bonds is 0. The van der Waals surface area contributed by atoms with Crippen molar-refractivity contribution in [2.24, 2.45) is 0 Å². The molecule has 4 rings (SSSR count). The molecule has 0 fully saturated rings. The number of benzene rings is 2. The molecular weight excluding hydrogens is 248 g/mol. The third-order valence-corrected chi connectivity index (χ3v) is 2.85. The fraction of sp³-hybridized carbons (Fsp3) is 0. The van der Waals surface area contributed by atoms with E-state index in [0.29, 0.717) is 0 Å². The Hall–Kier alpha value is -2.88. The molecule has 4 heteroatoms. The van der Waals surface area contributed by atoms with Gasteiger partial charge < -0.3 is 0 Å². The number of nitrogens with zero attached hydrogens (tertiary/aromatic N) is 4. The highest BCUT2D eigenvalue weighted by atomic mass is 15.3. The molecule has 2 aromatic heterocycles. The van der Waals surface area contributed by atoms with E-state index in [4.69, 9.17) is 0 Å². The highest BCUT2D eigenvalue weighted by Gasteiger charge is 1.89. The van der Waals surface area contributed by atoms with Gasteiger partial charge in [-0.15, -0.1) is 10.2 Å². The molecule has 0 aliphatic carbocycles. The molecule has 0 unspecified atom stereocenters. The molecule has 20 heavy (non-hydrogen) atoms. The minimum absolute atomic E-state index is 0.887. The smallest absolute Gasteiger partial charge is 0.0963 e. The average molecular weight is 260 g/mol. The van der Waals surface area contributed by atoms with E-state index < -0.39 is 0 Å². The second-order valence-corrected chi connectivity index (χ2v) is 4.19. The Morgan fingerprint density at radius 2 is 1.35 bits per heavy atom. The van der Waals surface area contributed by atoms with Crippen LogP contribution in [0.4, 0.5) is 0 Å². The molecule has 0 aliphatic heterocycles. The quantitative estimate of drug-likeness (QED) is 0.487. The van der Waals surface area contributed by atoms with E-state index in [1.807, 2.05) is 54.7 Å². The third kappa shape index (κ3) is 2.75. The van der Waals surface area contributed by atoms with Crippen LogP contribution in [-0.4, -0.2) is 20.4 Å². The minimum atomic E-state index is 0.887. The van der Waals surface area contributed by atoms with E-state index >= 15 is 0 Å². The lowest BCUT2D eigenvalue weighted by Gasteiger charge is -1.91. The number of hydrogen-bond donors (Lipinski definition) is 0. The summed E-state index contributed by atoms with van der Waals surface area (Å²) in [5.74, 6) is 0. The fourth-order valence-electron chi connectivity index (χ4n) is 1.87. The Labute approximate surface area is 116 Å². The number of hydrogen-bond acceptors (Lipinski definition) is 4. The zero-order chi connectivity index (χ0) is 13.6. The summed E-state index contributed by atoms with van der Waals surface area (Å²) in [7, 11) is 0. The predicted molar refractivity (Wildman–Crippen MR) is 79.1 cm³/mol. The summed E-state index contributed by atoms with van der Waals surface area (Å²) in [5, 5.41) is 13.2. The first-order chi connectivity index (χ1) is 9.93. The molecule has 0 saturated carbocycles. The maximum atomic E-state index is 4.18. The van der Waals surface area contributed by atoms with Gasteiger partial charge in [0, 0.05) is 17.0 Å². The van der Waals surface area contributed by atoms with Crippen LogP contribution >= 0.6 is 0 Å². The second-order valence-electron chi connectivity index (χ2n) is 4.19. The largest absolute Gasteiger partial charge is 0.256 e. The van der Waals surface area contributed by atoms with Gasteiger partial charge in [0.25, 0.3) is 0 Å². The highest BCUT2D eigenvalue weighted by molar-refractivity contribution is 5.77. The van der Waals surface area contributed by atoms with Crippen LogP contribution in [0.1, 0.15) is 0 Å². The Morgan fingerprint density at radius 1 is 0.650 bits per heavy atom. The Kier molecular flexibility index (Phi) is 3.55. The summed E-state index contributed by atoms with van der Waals surface area (Å²) in [5.41, 5.74) is 1.95. The summed E-state index contributed by atoms with van der Waals surface area (Å²) >= 11 is 0. The van der Waals surface area contributed by atoms with Crippen molar-refractivity contribution < 1.29 is 0 Å². The Bertz CT molecular complexity index is 628. The van der Waals surface area contributed by atoms with Crippen LogP contribution in [0.15, 0.2) is 73.1 Å². The van der Waals surface area contributed by atoms with Crippen LogP contribution in [0.5, 0.6) is 0 Å². The first-order valence-electron chi connectivity index (χ1n) is 6.26. The predicted octanol–water partition coefficient (Wildman–Crippen LogP) is 3.26. The van der Waals surface area contributed by atoms with Crippen molar-refractivity contribution >= 4 is 21.8 Å². The summed E-state index contributed by atoms with van der Waals surface area (Å²) < 4.78 is 0. The van der Waals surface area contributed by atoms with Crippen LogP contribution in [0, 0.1) is 0 Å². The van der Waals surface area contributed by atoms with Gasteiger partial charge in [-0.05, 0) is 23.4 Å². The monoisotopic (exact) mass is 260 g/mol. The van der Waals surface area contributed by atoms with Gasteiger partial charge in [-0.25, -0.2) is 0 Å². The van der Waals surface area contributed by atoms with E-state index in [-0.39, 0.29) is 0 Å². The molecule has 4 nitrogen and oxygen atoms in total. The topological polar surface area (TPSA) is 51.6 Å². The first-order valence-corrected chi connectivity index (χ1v) is 6.26.